The Hall–Kier alpha value is -1.00. The van der Waals surface area contributed by atoms with Crippen molar-refractivity contribution in [2.75, 3.05) is 5.75 Å². The molecule has 1 atom stereocenters. The molecule has 0 aliphatic rings. The van der Waals surface area contributed by atoms with Gasteiger partial charge in [0.1, 0.15) is 0 Å². The van der Waals surface area contributed by atoms with Crippen LogP contribution < -0.4 is 11.1 Å². The van der Waals surface area contributed by atoms with E-state index in [0.717, 1.165) is 18.6 Å². The van der Waals surface area contributed by atoms with Gasteiger partial charge in [-0.1, -0.05) is 17.7 Å². The Balaban J connectivity index is 2.43. The molecule has 3 N–H and O–H groups in total. The van der Waals surface area contributed by atoms with E-state index in [2.05, 4.69) is 36.5 Å². The van der Waals surface area contributed by atoms with Gasteiger partial charge in [-0.3, -0.25) is 4.79 Å². The molecule has 1 unspecified atom stereocenters. The topological polar surface area (TPSA) is 55.1 Å². The minimum Gasteiger partial charge on any atom is -0.368 e. The second-order valence-electron chi connectivity index (χ2n) is 5.76. The third-order valence-corrected chi connectivity index (χ3v) is 4.31. The van der Waals surface area contributed by atoms with Gasteiger partial charge in [0.15, 0.2) is 0 Å². The van der Waals surface area contributed by atoms with Gasteiger partial charge in [0.25, 0.3) is 0 Å². The standard InChI is InChI=1S/C16H26N2OS/c1-12(2)18-16(4,15(17)19)9-6-10-20-14-8-5-7-13(3)11-14/h5,7-8,11-12,18H,6,9-10H2,1-4H3,(H2,17,19). The molecule has 0 spiro atoms. The quantitative estimate of drug-likeness (QED) is 0.572. The molecule has 1 aromatic rings. The van der Waals surface area contributed by atoms with Crippen molar-refractivity contribution in [3.05, 3.63) is 29.8 Å². The average molecular weight is 294 g/mol. The molecular formula is C16H26N2OS. The first-order valence-corrected chi connectivity index (χ1v) is 8.09. The first-order valence-electron chi connectivity index (χ1n) is 7.10. The number of nitrogens with one attached hydrogen (secondary N) is 1. The van der Waals surface area contributed by atoms with Crippen molar-refractivity contribution in [3.63, 3.8) is 0 Å². The number of thioether (sulfide) groups is 1. The molecular weight excluding hydrogens is 268 g/mol. The summed E-state index contributed by atoms with van der Waals surface area (Å²) < 4.78 is 0. The maximum absolute atomic E-state index is 11.6. The molecule has 0 fully saturated rings. The molecule has 0 saturated carbocycles. The van der Waals surface area contributed by atoms with Gasteiger partial charge in [-0.2, -0.15) is 0 Å². The van der Waals surface area contributed by atoms with Crippen LogP contribution in [-0.4, -0.2) is 23.2 Å². The number of aryl methyl sites for hydroxylation is 1. The summed E-state index contributed by atoms with van der Waals surface area (Å²) in [5.41, 5.74) is 6.19. The lowest BCUT2D eigenvalue weighted by Crippen LogP contribution is -2.55. The maximum Gasteiger partial charge on any atom is 0.237 e. The normalized spacial score (nSPS) is 14.2. The molecule has 1 aromatic carbocycles. The molecule has 0 saturated heterocycles. The lowest BCUT2D eigenvalue weighted by atomic mass is 9.94. The van der Waals surface area contributed by atoms with Crippen molar-refractivity contribution in [2.24, 2.45) is 5.73 Å². The molecule has 0 aromatic heterocycles. The van der Waals surface area contributed by atoms with Gasteiger partial charge in [0, 0.05) is 10.9 Å². The Morgan fingerprint density at radius 1 is 1.45 bits per heavy atom. The fraction of sp³-hybridized carbons (Fsp3) is 0.562. The molecule has 0 heterocycles. The number of carbonyl (C=O) groups is 1. The van der Waals surface area contributed by atoms with Crippen molar-refractivity contribution >= 4 is 17.7 Å². The van der Waals surface area contributed by atoms with E-state index in [0.29, 0.717) is 0 Å². The van der Waals surface area contributed by atoms with E-state index in [-0.39, 0.29) is 11.9 Å². The number of carbonyl (C=O) groups excluding carboxylic acids is 1. The summed E-state index contributed by atoms with van der Waals surface area (Å²) in [6.07, 6.45) is 1.72. The average Bonchev–Trinajstić information content (AvgIpc) is 2.34. The summed E-state index contributed by atoms with van der Waals surface area (Å²) >= 11 is 1.83. The van der Waals surface area contributed by atoms with Gasteiger partial charge in [0.05, 0.1) is 5.54 Å². The SMILES string of the molecule is Cc1cccc(SCCCC(C)(NC(C)C)C(N)=O)c1. The Morgan fingerprint density at radius 3 is 2.70 bits per heavy atom. The van der Waals surface area contributed by atoms with E-state index in [1.165, 1.54) is 10.5 Å². The van der Waals surface area contributed by atoms with Crippen LogP contribution in [0, 0.1) is 6.92 Å². The lowest BCUT2D eigenvalue weighted by Gasteiger charge is -2.29. The van der Waals surface area contributed by atoms with Crippen molar-refractivity contribution in [1.82, 2.24) is 5.32 Å². The highest BCUT2D eigenvalue weighted by molar-refractivity contribution is 7.99. The van der Waals surface area contributed by atoms with Crippen molar-refractivity contribution in [2.45, 2.75) is 57.0 Å². The van der Waals surface area contributed by atoms with Gasteiger partial charge < -0.3 is 11.1 Å². The number of primary amides is 1. The Morgan fingerprint density at radius 2 is 2.15 bits per heavy atom. The van der Waals surface area contributed by atoms with Crippen molar-refractivity contribution in [1.29, 1.82) is 0 Å². The highest BCUT2D eigenvalue weighted by Crippen LogP contribution is 2.22. The molecule has 4 heteroatoms. The summed E-state index contributed by atoms with van der Waals surface area (Å²) in [5, 5.41) is 3.28. The molecule has 1 amide bonds. The maximum atomic E-state index is 11.6. The number of amides is 1. The summed E-state index contributed by atoms with van der Waals surface area (Å²) in [5.74, 6) is 0.721. The molecule has 1 rings (SSSR count). The minimum atomic E-state index is -0.610. The number of rotatable bonds is 8. The van der Waals surface area contributed by atoms with Crippen LogP contribution in [0.1, 0.15) is 39.2 Å². The number of benzene rings is 1. The van der Waals surface area contributed by atoms with Crippen LogP contribution in [0.25, 0.3) is 0 Å². The van der Waals surface area contributed by atoms with Crippen LogP contribution >= 0.6 is 11.8 Å². The zero-order chi connectivity index (χ0) is 15.2. The Bertz CT molecular complexity index is 448. The molecule has 20 heavy (non-hydrogen) atoms. The van der Waals surface area contributed by atoms with E-state index in [4.69, 9.17) is 5.73 Å². The van der Waals surface area contributed by atoms with Gasteiger partial charge in [-0.25, -0.2) is 0 Å². The molecule has 0 aliphatic heterocycles. The lowest BCUT2D eigenvalue weighted by molar-refractivity contribution is -0.124. The smallest absolute Gasteiger partial charge is 0.237 e. The van der Waals surface area contributed by atoms with E-state index < -0.39 is 5.54 Å². The third-order valence-electron chi connectivity index (χ3n) is 3.23. The molecule has 0 bridgehead atoms. The summed E-state index contributed by atoms with van der Waals surface area (Å²) in [6, 6.07) is 8.73. The van der Waals surface area contributed by atoms with Crippen molar-refractivity contribution in [3.8, 4) is 0 Å². The minimum absolute atomic E-state index is 0.247. The summed E-state index contributed by atoms with van der Waals surface area (Å²) in [6.45, 7) is 8.05. The monoisotopic (exact) mass is 294 g/mol. The number of hydrogen-bond donors (Lipinski definition) is 2. The predicted molar refractivity (Wildman–Crippen MR) is 87.0 cm³/mol. The van der Waals surface area contributed by atoms with Crippen LogP contribution in [0.5, 0.6) is 0 Å². The third kappa shape index (κ3) is 5.55. The highest BCUT2D eigenvalue weighted by atomic mass is 32.2. The zero-order valence-corrected chi connectivity index (χ0v) is 13.7. The first kappa shape index (κ1) is 17.1. The highest BCUT2D eigenvalue weighted by Gasteiger charge is 2.30. The summed E-state index contributed by atoms with van der Waals surface area (Å²) in [4.78, 5) is 12.9. The molecule has 3 nitrogen and oxygen atoms in total. The van der Waals surface area contributed by atoms with Crippen molar-refractivity contribution < 1.29 is 4.79 Å². The second-order valence-corrected chi connectivity index (χ2v) is 6.93. The largest absolute Gasteiger partial charge is 0.368 e. The Kier molecular flexibility index (Phi) is 6.56. The fourth-order valence-electron chi connectivity index (χ4n) is 2.22. The van der Waals surface area contributed by atoms with Crippen LogP contribution in [0.4, 0.5) is 0 Å². The van der Waals surface area contributed by atoms with Crippen LogP contribution in [-0.2, 0) is 4.79 Å². The van der Waals surface area contributed by atoms with Gasteiger partial charge in [0.2, 0.25) is 5.91 Å². The van der Waals surface area contributed by atoms with Crippen LogP contribution in [0.3, 0.4) is 0 Å². The molecule has 112 valence electrons. The van der Waals surface area contributed by atoms with Gasteiger partial charge in [-0.15, -0.1) is 11.8 Å². The van der Waals surface area contributed by atoms with E-state index >= 15 is 0 Å². The summed E-state index contributed by atoms with van der Waals surface area (Å²) in [7, 11) is 0. The first-order chi connectivity index (χ1) is 9.33. The predicted octanol–water partition coefficient (Wildman–Crippen LogP) is 3.11. The van der Waals surface area contributed by atoms with Gasteiger partial charge in [-0.05, 0) is 58.4 Å². The van der Waals surface area contributed by atoms with E-state index in [1.54, 1.807) is 0 Å². The van der Waals surface area contributed by atoms with E-state index in [9.17, 15) is 4.79 Å². The molecule has 0 radical (unpaired) electrons. The van der Waals surface area contributed by atoms with E-state index in [1.807, 2.05) is 32.5 Å². The van der Waals surface area contributed by atoms with Gasteiger partial charge >= 0.3 is 0 Å². The van der Waals surface area contributed by atoms with Crippen LogP contribution in [0.15, 0.2) is 29.2 Å². The fourth-order valence-corrected chi connectivity index (χ4v) is 3.19. The molecule has 0 aliphatic carbocycles. The number of nitrogens with two attached hydrogens (primary N) is 1. The Labute approximate surface area is 126 Å². The zero-order valence-electron chi connectivity index (χ0n) is 12.9. The number of hydrogen-bond acceptors (Lipinski definition) is 3. The van der Waals surface area contributed by atoms with Crippen LogP contribution in [0.2, 0.25) is 0 Å². The second kappa shape index (κ2) is 7.70.